The van der Waals surface area contributed by atoms with Gasteiger partial charge in [0, 0.05) is 0 Å². The first-order chi connectivity index (χ1) is 9.55. The van der Waals surface area contributed by atoms with E-state index in [0.717, 1.165) is 16.7 Å². The van der Waals surface area contributed by atoms with E-state index in [9.17, 15) is 5.11 Å². The van der Waals surface area contributed by atoms with E-state index >= 15 is 0 Å². The average molecular weight is 290 g/mol. The van der Waals surface area contributed by atoms with Crippen molar-refractivity contribution in [3.8, 4) is 5.75 Å². The van der Waals surface area contributed by atoms with Crippen LogP contribution in [0.3, 0.4) is 0 Å². The molecule has 0 aliphatic carbocycles. The molecule has 0 radical (unpaired) electrons. The molecule has 1 aliphatic heterocycles. The minimum Gasteiger partial charge on any atom is -0.507 e. The summed E-state index contributed by atoms with van der Waals surface area (Å²) in [6, 6.07) is 4.06. The number of ether oxygens (including phenoxy) is 2. The number of epoxide rings is 1. The van der Waals surface area contributed by atoms with Gasteiger partial charge in [-0.15, -0.1) is 0 Å². The summed E-state index contributed by atoms with van der Waals surface area (Å²) in [6.07, 6.45) is 1.07. The minimum atomic E-state index is -0.257. The quantitative estimate of drug-likeness (QED) is 0.656. The van der Waals surface area contributed by atoms with Crippen LogP contribution in [0.5, 0.6) is 5.75 Å². The number of aromatic hydroxyl groups is 1. The number of hydrogen-bond acceptors (Lipinski definition) is 3. The monoisotopic (exact) mass is 290 g/mol. The smallest absolute Gasteiger partial charge is 0.230 e. The SMILES string of the molecule is C=COC1OC1c1cc(C(C)(C)C)c(O)c(C(C)(C)C)c1. The molecule has 1 heterocycles. The summed E-state index contributed by atoms with van der Waals surface area (Å²) < 4.78 is 10.8. The summed E-state index contributed by atoms with van der Waals surface area (Å²) in [4.78, 5) is 0. The van der Waals surface area contributed by atoms with E-state index in [1.807, 2.05) is 12.1 Å². The van der Waals surface area contributed by atoms with Crippen molar-refractivity contribution in [1.29, 1.82) is 0 Å². The number of hydrogen-bond donors (Lipinski definition) is 1. The maximum atomic E-state index is 10.7. The third-order valence-corrected chi connectivity index (χ3v) is 3.76. The second-order valence-electron chi connectivity index (χ2n) is 7.69. The fourth-order valence-corrected chi connectivity index (χ4v) is 2.50. The zero-order valence-electron chi connectivity index (χ0n) is 13.9. The summed E-state index contributed by atoms with van der Waals surface area (Å²) >= 11 is 0. The van der Waals surface area contributed by atoms with Crippen molar-refractivity contribution < 1.29 is 14.6 Å². The molecule has 1 saturated heterocycles. The molecule has 2 rings (SSSR count). The molecule has 3 heteroatoms. The number of rotatable bonds is 3. The van der Waals surface area contributed by atoms with E-state index in [4.69, 9.17) is 9.47 Å². The molecule has 1 N–H and O–H groups in total. The van der Waals surface area contributed by atoms with Gasteiger partial charge in [0.2, 0.25) is 6.29 Å². The van der Waals surface area contributed by atoms with E-state index in [-0.39, 0.29) is 23.2 Å². The summed E-state index contributed by atoms with van der Waals surface area (Å²) in [5.41, 5.74) is 2.66. The normalized spacial score (nSPS) is 22.0. The highest BCUT2D eigenvalue weighted by molar-refractivity contribution is 5.50. The van der Waals surface area contributed by atoms with Gasteiger partial charge in [-0.1, -0.05) is 48.1 Å². The van der Waals surface area contributed by atoms with Gasteiger partial charge in [0.05, 0.1) is 6.26 Å². The standard InChI is InChI=1S/C18H26O3/c1-8-20-16-15(21-16)11-9-12(17(2,3)4)14(19)13(10-11)18(5,6)7/h8-10,15-16,19H,1H2,2-7H3. The Morgan fingerprint density at radius 3 is 1.95 bits per heavy atom. The molecule has 1 aromatic carbocycles. The lowest BCUT2D eigenvalue weighted by Crippen LogP contribution is -2.18. The van der Waals surface area contributed by atoms with Crippen molar-refractivity contribution in [3.63, 3.8) is 0 Å². The van der Waals surface area contributed by atoms with Crippen molar-refractivity contribution in [2.45, 2.75) is 64.8 Å². The highest BCUT2D eigenvalue weighted by Crippen LogP contribution is 2.46. The van der Waals surface area contributed by atoms with Crippen molar-refractivity contribution >= 4 is 0 Å². The van der Waals surface area contributed by atoms with Crippen LogP contribution in [0, 0.1) is 0 Å². The first-order valence-electron chi connectivity index (χ1n) is 7.35. The summed E-state index contributed by atoms with van der Waals surface area (Å²) in [7, 11) is 0. The Hall–Kier alpha value is -1.48. The Bertz CT molecular complexity index is 512. The Labute approximate surface area is 127 Å². The van der Waals surface area contributed by atoms with Crippen molar-refractivity contribution in [3.05, 3.63) is 41.7 Å². The molecular weight excluding hydrogens is 264 g/mol. The summed E-state index contributed by atoms with van der Waals surface area (Å²) in [6.45, 7) is 16.2. The first kappa shape index (κ1) is 15.9. The van der Waals surface area contributed by atoms with Gasteiger partial charge in [0.1, 0.15) is 11.9 Å². The topological polar surface area (TPSA) is 42.0 Å². The van der Waals surface area contributed by atoms with Gasteiger partial charge < -0.3 is 14.6 Å². The van der Waals surface area contributed by atoms with E-state index in [1.54, 1.807) is 0 Å². The predicted octanol–water partition coefficient (Wildman–Crippen LogP) is 4.54. The van der Waals surface area contributed by atoms with Gasteiger partial charge in [-0.3, -0.25) is 0 Å². The van der Waals surface area contributed by atoms with Gasteiger partial charge in [0.25, 0.3) is 0 Å². The fourth-order valence-electron chi connectivity index (χ4n) is 2.50. The van der Waals surface area contributed by atoms with Crippen LogP contribution in [-0.4, -0.2) is 11.4 Å². The van der Waals surface area contributed by atoms with Crippen LogP contribution in [0.4, 0.5) is 0 Å². The molecule has 1 aromatic rings. The minimum absolute atomic E-state index is 0.0780. The van der Waals surface area contributed by atoms with Crippen LogP contribution in [0.2, 0.25) is 0 Å². The largest absolute Gasteiger partial charge is 0.507 e. The van der Waals surface area contributed by atoms with Crippen LogP contribution in [-0.2, 0) is 20.3 Å². The number of benzene rings is 1. The highest BCUT2D eigenvalue weighted by atomic mass is 16.8. The molecule has 0 saturated carbocycles. The van der Waals surface area contributed by atoms with Crippen molar-refractivity contribution in [1.82, 2.24) is 0 Å². The van der Waals surface area contributed by atoms with Crippen LogP contribution in [0.15, 0.2) is 25.0 Å². The van der Waals surface area contributed by atoms with Gasteiger partial charge in [-0.2, -0.15) is 0 Å². The number of phenols is 1. The molecule has 0 bridgehead atoms. The predicted molar refractivity (Wildman–Crippen MR) is 84.4 cm³/mol. The van der Waals surface area contributed by atoms with Gasteiger partial charge in [-0.25, -0.2) is 0 Å². The summed E-state index contributed by atoms with van der Waals surface area (Å²) in [5.74, 6) is 0.389. The second-order valence-corrected chi connectivity index (χ2v) is 7.69. The molecule has 0 aromatic heterocycles. The average Bonchev–Trinajstić information content (AvgIpc) is 3.06. The van der Waals surface area contributed by atoms with Crippen LogP contribution >= 0.6 is 0 Å². The van der Waals surface area contributed by atoms with E-state index in [1.165, 1.54) is 6.26 Å². The van der Waals surface area contributed by atoms with E-state index < -0.39 is 0 Å². The highest BCUT2D eigenvalue weighted by Gasteiger charge is 2.43. The molecule has 116 valence electrons. The van der Waals surface area contributed by atoms with Crippen molar-refractivity contribution in [2.24, 2.45) is 0 Å². The lowest BCUT2D eigenvalue weighted by Gasteiger charge is -2.28. The van der Waals surface area contributed by atoms with Gasteiger partial charge >= 0.3 is 0 Å². The Kier molecular flexibility index (Phi) is 3.83. The Balaban J connectivity index is 2.51. The lowest BCUT2D eigenvalue weighted by atomic mass is 9.78. The Morgan fingerprint density at radius 2 is 1.57 bits per heavy atom. The third-order valence-electron chi connectivity index (χ3n) is 3.76. The van der Waals surface area contributed by atoms with Crippen molar-refractivity contribution in [2.75, 3.05) is 0 Å². The molecule has 0 spiro atoms. The van der Waals surface area contributed by atoms with Gasteiger partial charge in [0.15, 0.2) is 0 Å². The van der Waals surface area contributed by atoms with Crippen LogP contribution in [0.25, 0.3) is 0 Å². The zero-order valence-corrected chi connectivity index (χ0v) is 13.9. The molecule has 1 fully saturated rings. The molecule has 2 unspecified atom stereocenters. The molecule has 0 amide bonds. The van der Waals surface area contributed by atoms with Crippen LogP contribution < -0.4 is 0 Å². The molecule has 1 aliphatic rings. The molecule has 2 atom stereocenters. The van der Waals surface area contributed by atoms with Crippen LogP contribution in [0.1, 0.15) is 64.3 Å². The maximum absolute atomic E-state index is 10.7. The fraction of sp³-hybridized carbons (Fsp3) is 0.556. The maximum Gasteiger partial charge on any atom is 0.230 e. The lowest BCUT2D eigenvalue weighted by molar-refractivity contribution is 0.131. The Morgan fingerprint density at radius 1 is 1.10 bits per heavy atom. The molecule has 21 heavy (non-hydrogen) atoms. The first-order valence-corrected chi connectivity index (χ1v) is 7.35. The van der Waals surface area contributed by atoms with E-state index in [0.29, 0.717) is 5.75 Å². The zero-order chi connectivity index (χ0) is 16.0. The molecular formula is C18H26O3. The van der Waals surface area contributed by atoms with Gasteiger partial charge in [-0.05, 0) is 39.7 Å². The summed E-state index contributed by atoms with van der Waals surface area (Å²) in [5, 5.41) is 10.7. The second kappa shape index (κ2) is 5.06. The third kappa shape index (κ3) is 3.24. The molecule has 3 nitrogen and oxygen atoms in total. The van der Waals surface area contributed by atoms with E-state index in [2.05, 4.69) is 48.1 Å². The number of phenolic OH excluding ortho intramolecular Hbond substituents is 1.